The van der Waals surface area contributed by atoms with Gasteiger partial charge in [0, 0.05) is 5.75 Å². The van der Waals surface area contributed by atoms with Crippen molar-refractivity contribution in [2.75, 3.05) is 7.11 Å². The second-order valence-electron chi connectivity index (χ2n) is 8.32. The largest absolute Gasteiger partial charge is 0.497 e. The number of rotatable bonds is 11. The molecule has 0 aliphatic rings. The monoisotopic (exact) mass is 533 g/mol. The lowest BCUT2D eigenvalue weighted by Gasteiger charge is -2.25. The number of nitrogens with one attached hydrogen (secondary N) is 1. The third-order valence-corrected chi connectivity index (χ3v) is 8.70. The van der Waals surface area contributed by atoms with Gasteiger partial charge in [-0.25, -0.2) is 8.42 Å². The third kappa shape index (κ3) is 6.80. The summed E-state index contributed by atoms with van der Waals surface area (Å²) in [5.41, 5.74) is 3.49. The fraction of sp³-hybridized carbons (Fsp3) is 0.138. The Labute approximate surface area is 221 Å². The SMILES string of the molecule is COc1ccc(-c2ccc(S(=O)(=O)N[C@@H](C(=O)O)[C@H](SCc3ccccc3)c3ccccc3)cc2)cc1. The van der Waals surface area contributed by atoms with Crippen LogP contribution in [0.25, 0.3) is 11.1 Å². The van der Waals surface area contributed by atoms with Crippen LogP contribution in [-0.4, -0.2) is 32.6 Å². The molecule has 2 atom stereocenters. The van der Waals surface area contributed by atoms with E-state index in [4.69, 9.17) is 4.74 Å². The smallest absolute Gasteiger partial charge is 0.323 e. The number of ether oxygens (including phenoxy) is 1. The van der Waals surface area contributed by atoms with E-state index < -0.39 is 27.3 Å². The van der Waals surface area contributed by atoms with Crippen molar-refractivity contribution < 1.29 is 23.1 Å². The molecule has 37 heavy (non-hydrogen) atoms. The maximum Gasteiger partial charge on any atom is 0.323 e. The van der Waals surface area contributed by atoms with Crippen LogP contribution in [0.15, 0.2) is 114 Å². The highest BCUT2D eigenvalue weighted by atomic mass is 32.2. The van der Waals surface area contributed by atoms with Gasteiger partial charge in [-0.1, -0.05) is 84.9 Å². The first-order valence-corrected chi connectivity index (χ1v) is 14.1. The molecule has 0 radical (unpaired) electrons. The van der Waals surface area contributed by atoms with Gasteiger partial charge >= 0.3 is 5.97 Å². The van der Waals surface area contributed by atoms with E-state index in [1.807, 2.05) is 84.9 Å². The van der Waals surface area contributed by atoms with Crippen molar-refractivity contribution in [3.8, 4) is 16.9 Å². The van der Waals surface area contributed by atoms with E-state index in [0.717, 1.165) is 28.0 Å². The van der Waals surface area contributed by atoms with Gasteiger partial charge in [-0.05, 0) is 46.5 Å². The topological polar surface area (TPSA) is 92.7 Å². The van der Waals surface area contributed by atoms with Crippen LogP contribution in [0.1, 0.15) is 16.4 Å². The summed E-state index contributed by atoms with van der Waals surface area (Å²) in [5, 5.41) is 9.45. The molecule has 0 fully saturated rings. The zero-order chi connectivity index (χ0) is 26.3. The molecule has 0 saturated carbocycles. The second-order valence-corrected chi connectivity index (χ2v) is 11.2. The van der Waals surface area contributed by atoms with Gasteiger partial charge in [0.1, 0.15) is 11.8 Å². The Balaban J connectivity index is 1.58. The summed E-state index contributed by atoms with van der Waals surface area (Å²) in [6.07, 6.45) is 0. The standard InChI is InChI=1S/C29H27NO5S2/c1-35-25-16-12-22(13-17-25)23-14-18-26(19-15-23)37(33,34)30-27(29(31)32)28(24-10-6-3-7-11-24)36-20-21-8-4-2-5-9-21/h2-19,27-28,30H,20H2,1H3,(H,31,32)/t27-,28-/m1/s1. The molecule has 4 rings (SSSR count). The van der Waals surface area contributed by atoms with Crippen LogP contribution in [0.5, 0.6) is 5.75 Å². The van der Waals surface area contributed by atoms with Crippen molar-refractivity contribution >= 4 is 27.8 Å². The number of thioether (sulfide) groups is 1. The molecule has 2 N–H and O–H groups in total. The molecule has 190 valence electrons. The summed E-state index contributed by atoms with van der Waals surface area (Å²) >= 11 is 1.38. The van der Waals surface area contributed by atoms with Crippen LogP contribution >= 0.6 is 11.8 Å². The lowest BCUT2D eigenvalue weighted by atomic mass is 10.1. The number of carboxylic acids is 1. The Kier molecular flexibility index (Phi) is 8.66. The molecule has 4 aromatic rings. The normalized spacial score (nSPS) is 13.0. The minimum absolute atomic E-state index is 0.00381. The number of sulfonamides is 1. The van der Waals surface area contributed by atoms with Gasteiger partial charge in [0.25, 0.3) is 0 Å². The van der Waals surface area contributed by atoms with E-state index in [1.165, 1.54) is 23.9 Å². The Morgan fingerprint density at radius 3 is 1.92 bits per heavy atom. The minimum atomic E-state index is -4.11. The molecule has 0 unspecified atom stereocenters. The van der Waals surface area contributed by atoms with Gasteiger partial charge < -0.3 is 9.84 Å². The van der Waals surface area contributed by atoms with Crippen molar-refractivity contribution in [1.29, 1.82) is 0 Å². The molecule has 0 saturated heterocycles. The lowest BCUT2D eigenvalue weighted by molar-refractivity contribution is -0.139. The van der Waals surface area contributed by atoms with Crippen LogP contribution in [-0.2, 0) is 20.6 Å². The van der Waals surface area contributed by atoms with Gasteiger partial charge in [0.05, 0.1) is 17.3 Å². The zero-order valence-electron chi connectivity index (χ0n) is 20.2. The molecule has 0 bridgehead atoms. The fourth-order valence-corrected chi connectivity index (χ4v) is 6.45. The van der Waals surface area contributed by atoms with Crippen molar-refractivity contribution in [3.63, 3.8) is 0 Å². The summed E-state index contributed by atoms with van der Waals surface area (Å²) < 4.78 is 34.2. The first-order valence-electron chi connectivity index (χ1n) is 11.6. The molecule has 0 aromatic heterocycles. The van der Waals surface area contributed by atoms with Crippen LogP contribution < -0.4 is 9.46 Å². The Morgan fingerprint density at radius 2 is 1.38 bits per heavy atom. The maximum absolute atomic E-state index is 13.3. The van der Waals surface area contributed by atoms with Crippen molar-refractivity contribution in [2.24, 2.45) is 0 Å². The van der Waals surface area contributed by atoms with E-state index in [1.54, 1.807) is 19.2 Å². The highest BCUT2D eigenvalue weighted by Crippen LogP contribution is 2.35. The van der Waals surface area contributed by atoms with Crippen molar-refractivity contribution in [1.82, 2.24) is 4.72 Å². The number of aliphatic carboxylic acids is 1. The van der Waals surface area contributed by atoms with Crippen LogP contribution in [0.4, 0.5) is 0 Å². The number of methoxy groups -OCH3 is 1. The molecule has 4 aromatic carbocycles. The summed E-state index contributed by atoms with van der Waals surface area (Å²) in [5.74, 6) is 0.0143. The second kappa shape index (κ2) is 12.1. The highest BCUT2D eigenvalue weighted by molar-refractivity contribution is 7.98. The summed E-state index contributed by atoms with van der Waals surface area (Å²) in [7, 11) is -2.52. The third-order valence-electron chi connectivity index (χ3n) is 5.84. The van der Waals surface area contributed by atoms with Crippen LogP contribution in [0, 0.1) is 0 Å². The lowest BCUT2D eigenvalue weighted by Crippen LogP contribution is -2.44. The Hall–Kier alpha value is -3.59. The van der Waals surface area contributed by atoms with E-state index in [-0.39, 0.29) is 4.90 Å². The quantitative estimate of drug-likeness (QED) is 0.254. The molecule has 0 heterocycles. The molecule has 8 heteroatoms. The van der Waals surface area contributed by atoms with E-state index >= 15 is 0 Å². The summed E-state index contributed by atoms with van der Waals surface area (Å²) in [6, 6.07) is 31.2. The minimum Gasteiger partial charge on any atom is -0.497 e. The fourth-order valence-electron chi connectivity index (χ4n) is 3.87. The molecule has 0 aliphatic carbocycles. The number of benzene rings is 4. The van der Waals surface area contributed by atoms with Gasteiger partial charge in [-0.2, -0.15) is 4.72 Å². The van der Waals surface area contributed by atoms with Gasteiger partial charge in [0.2, 0.25) is 10.0 Å². The number of hydrogen-bond donors (Lipinski definition) is 2. The predicted molar refractivity (Wildman–Crippen MR) is 147 cm³/mol. The van der Waals surface area contributed by atoms with Crippen LogP contribution in [0.2, 0.25) is 0 Å². The number of hydrogen-bond acceptors (Lipinski definition) is 5. The average Bonchev–Trinajstić information content (AvgIpc) is 2.93. The van der Waals surface area contributed by atoms with E-state index in [9.17, 15) is 18.3 Å². The van der Waals surface area contributed by atoms with Gasteiger partial charge in [-0.3, -0.25) is 4.79 Å². The van der Waals surface area contributed by atoms with E-state index in [0.29, 0.717) is 5.75 Å². The van der Waals surface area contributed by atoms with Gasteiger partial charge in [-0.15, -0.1) is 11.8 Å². The van der Waals surface area contributed by atoms with E-state index in [2.05, 4.69) is 4.72 Å². The van der Waals surface area contributed by atoms with Crippen molar-refractivity contribution in [2.45, 2.75) is 21.9 Å². The Bertz CT molecular complexity index is 1410. The first kappa shape index (κ1) is 26.5. The maximum atomic E-state index is 13.3. The molecule has 6 nitrogen and oxygen atoms in total. The molecule has 0 amide bonds. The highest BCUT2D eigenvalue weighted by Gasteiger charge is 2.34. The number of carbonyl (C=O) groups is 1. The van der Waals surface area contributed by atoms with Crippen LogP contribution in [0.3, 0.4) is 0 Å². The zero-order valence-corrected chi connectivity index (χ0v) is 21.8. The average molecular weight is 534 g/mol. The number of carboxylic acid groups (broad SMARTS) is 1. The first-order chi connectivity index (χ1) is 17.9. The molecular formula is C29H27NO5S2. The molecular weight excluding hydrogens is 506 g/mol. The van der Waals surface area contributed by atoms with Crippen molar-refractivity contribution in [3.05, 3.63) is 120 Å². The molecule has 0 spiro atoms. The Morgan fingerprint density at radius 1 is 0.838 bits per heavy atom. The molecule has 0 aliphatic heterocycles. The predicted octanol–water partition coefficient (Wildman–Crippen LogP) is 5.77. The summed E-state index contributed by atoms with van der Waals surface area (Å²) in [6.45, 7) is 0. The van der Waals surface area contributed by atoms with Gasteiger partial charge in [0.15, 0.2) is 0 Å². The summed E-state index contributed by atoms with van der Waals surface area (Å²) in [4.78, 5) is 12.4.